The zero-order chi connectivity index (χ0) is 16.8. The van der Waals surface area contributed by atoms with Crippen molar-refractivity contribution in [3.63, 3.8) is 0 Å². The molecule has 128 valence electrons. The lowest BCUT2D eigenvalue weighted by Crippen LogP contribution is -2.47. The van der Waals surface area contributed by atoms with Crippen LogP contribution in [0.5, 0.6) is 5.75 Å². The number of ether oxygens (including phenoxy) is 1. The normalized spacial score (nSPS) is 15.5. The number of hydrogen-bond donors (Lipinski definition) is 1. The van der Waals surface area contributed by atoms with Crippen molar-refractivity contribution in [3.05, 3.63) is 59.9 Å². The van der Waals surface area contributed by atoms with Crippen LogP contribution in [0.25, 0.3) is 0 Å². The first kappa shape index (κ1) is 16.7. The summed E-state index contributed by atoms with van der Waals surface area (Å²) in [5.41, 5.74) is 2.13. The maximum Gasteiger partial charge on any atom is 0.123 e. The van der Waals surface area contributed by atoms with Crippen molar-refractivity contribution in [2.24, 2.45) is 0 Å². The summed E-state index contributed by atoms with van der Waals surface area (Å²) in [4.78, 5) is 4.62. The van der Waals surface area contributed by atoms with Crippen LogP contribution in [0, 0.1) is 5.82 Å². The van der Waals surface area contributed by atoms with Crippen LogP contribution in [-0.2, 0) is 6.61 Å². The first-order valence-electron chi connectivity index (χ1n) is 8.30. The van der Waals surface area contributed by atoms with Gasteiger partial charge in [-0.3, -0.25) is 4.90 Å². The molecule has 0 unspecified atom stereocenters. The van der Waals surface area contributed by atoms with Crippen molar-refractivity contribution >= 4 is 5.69 Å². The van der Waals surface area contributed by atoms with E-state index in [2.05, 4.69) is 21.9 Å². The molecule has 1 aliphatic heterocycles. The number of benzene rings is 2. The molecule has 0 bridgehead atoms. The third kappa shape index (κ3) is 4.46. The maximum atomic E-state index is 12.9. The zero-order valence-corrected chi connectivity index (χ0v) is 13.7. The quantitative estimate of drug-likeness (QED) is 0.883. The standard InChI is InChI=1S/C19H23FN2O2/c20-17-3-1-16(2-4-17)15-24-19-7-5-18(6-8-19)22-11-9-21(10-12-22)13-14-23/h1-8,23H,9-15H2. The maximum absolute atomic E-state index is 12.9. The molecule has 5 heteroatoms. The fourth-order valence-electron chi connectivity index (χ4n) is 2.87. The number of anilines is 1. The molecule has 1 fully saturated rings. The second-order valence-electron chi connectivity index (χ2n) is 5.96. The lowest BCUT2D eigenvalue weighted by Gasteiger charge is -2.35. The lowest BCUT2D eigenvalue weighted by molar-refractivity contribution is 0.189. The predicted molar refractivity (Wildman–Crippen MR) is 92.9 cm³/mol. The van der Waals surface area contributed by atoms with E-state index in [4.69, 9.17) is 9.84 Å². The largest absolute Gasteiger partial charge is 0.489 e. The summed E-state index contributed by atoms with van der Waals surface area (Å²) < 4.78 is 18.6. The third-order valence-corrected chi connectivity index (χ3v) is 4.31. The van der Waals surface area contributed by atoms with Crippen LogP contribution in [0.15, 0.2) is 48.5 Å². The molecule has 0 aromatic heterocycles. The minimum atomic E-state index is -0.234. The van der Waals surface area contributed by atoms with Gasteiger partial charge < -0.3 is 14.7 Å². The molecule has 1 aliphatic rings. The summed E-state index contributed by atoms with van der Waals surface area (Å²) in [6, 6.07) is 14.4. The van der Waals surface area contributed by atoms with Crippen molar-refractivity contribution in [3.8, 4) is 5.75 Å². The first-order valence-corrected chi connectivity index (χ1v) is 8.30. The smallest absolute Gasteiger partial charge is 0.123 e. The second kappa shape index (κ2) is 8.13. The highest BCUT2D eigenvalue weighted by atomic mass is 19.1. The molecular weight excluding hydrogens is 307 g/mol. The number of aliphatic hydroxyl groups excluding tert-OH is 1. The van der Waals surface area contributed by atoms with E-state index in [0.29, 0.717) is 6.61 Å². The van der Waals surface area contributed by atoms with E-state index in [1.807, 2.05) is 12.1 Å². The molecule has 0 aliphatic carbocycles. The number of β-amino-alcohol motifs (C(OH)–C–C–N with tert-alkyl or cyclic N) is 1. The van der Waals surface area contributed by atoms with Gasteiger partial charge in [0, 0.05) is 38.4 Å². The molecule has 2 aromatic carbocycles. The average Bonchev–Trinajstić information content (AvgIpc) is 2.63. The Labute approximate surface area is 142 Å². The Kier molecular flexibility index (Phi) is 5.67. The Bertz CT molecular complexity index is 623. The van der Waals surface area contributed by atoms with Crippen molar-refractivity contribution in [2.75, 3.05) is 44.2 Å². The SMILES string of the molecule is OCCN1CCN(c2ccc(OCc3ccc(F)cc3)cc2)CC1. The van der Waals surface area contributed by atoms with Gasteiger partial charge in [-0.2, -0.15) is 0 Å². The fraction of sp³-hybridized carbons (Fsp3) is 0.368. The molecule has 1 N–H and O–H groups in total. The second-order valence-corrected chi connectivity index (χ2v) is 5.96. The van der Waals surface area contributed by atoms with E-state index in [9.17, 15) is 4.39 Å². The summed E-state index contributed by atoms with van der Waals surface area (Å²) in [5, 5.41) is 8.99. The molecule has 1 saturated heterocycles. The monoisotopic (exact) mass is 330 g/mol. The van der Waals surface area contributed by atoms with Crippen molar-refractivity contribution in [2.45, 2.75) is 6.61 Å². The van der Waals surface area contributed by atoms with Crippen LogP contribution in [0.1, 0.15) is 5.56 Å². The molecular formula is C19H23FN2O2. The minimum absolute atomic E-state index is 0.222. The van der Waals surface area contributed by atoms with Crippen LogP contribution in [-0.4, -0.2) is 49.3 Å². The highest BCUT2D eigenvalue weighted by Crippen LogP contribution is 2.21. The Morgan fingerprint density at radius 1 is 0.917 bits per heavy atom. The van der Waals surface area contributed by atoms with Gasteiger partial charge >= 0.3 is 0 Å². The fourth-order valence-corrected chi connectivity index (χ4v) is 2.87. The van der Waals surface area contributed by atoms with Gasteiger partial charge in [0.05, 0.1) is 6.61 Å². The summed E-state index contributed by atoms with van der Waals surface area (Å²) in [6.45, 7) is 5.29. The van der Waals surface area contributed by atoms with E-state index in [1.54, 1.807) is 12.1 Å². The molecule has 0 saturated carbocycles. The van der Waals surface area contributed by atoms with Crippen LogP contribution in [0.2, 0.25) is 0 Å². The molecule has 3 rings (SSSR count). The first-order chi connectivity index (χ1) is 11.7. The summed E-state index contributed by atoms with van der Waals surface area (Å²) >= 11 is 0. The van der Waals surface area contributed by atoms with E-state index < -0.39 is 0 Å². The van der Waals surface area contributed by atoms with Gasteiger partial charge in [0.25, 0.3) is 0 Å². The lowest BCUT2D eigenvalue weighted by atomic mass is 10.2. The summed E-state index contributed by atoms with van der Waals surface area (Å²) in [5.74, 6) is 0.573. The molecule has 0 spiro atoms. The van der Waals surface area contributed by atoms with Crippen LogP contribution < -0.4 is 9.64 Å². The van der Waals surface area contributed by atoms with Crippen LogP contribution >= 0.6 is 0 Å². The van der Waals surface area contributed by atoms with Gasteiger partial charge in [-0.05, 0) is 42.0 Å². The Hall–Kier alpha value is -2.11. The van der Waals surface area contributed by atoms with Gasteiger partial charge in [-0.25, -0.2) is 4.39 Å². The number of piperazine rings is 1. The van der Waals surface area contributed by atoms with Crippen molar-refractivity contribution < 1.29 is 14.2 Å². The summed E-state index contributed by atoms with van der Waals surface area (Å²) in [6.07, 6.45) is 0. The molecule has 0 atom stereocenters. The highest BCUT2D eigenvalue weighted by Gasteiger charge is 2.16. The van der Waals surface area contributed by atoms with E-state index in [0.717, 1.165) is 44.0 Å². The number of aliphatic hydroxyl groups is 1. The topological polar surface area (TPSA) is 35.9 Å². The van der Waals surface area contributed by atoms with Crippen LogP contribution in [0.3, 0.4) is 0 Å². The average molecular weight is 330 g/mol. The van der Waals surface area contributed by atoms with Crippen LogP contribution in [0.4, 0.5) is 10.1 Å². The molecule has 0 amide bonds. The molecule has 0 radical (unpaired) electrons. The van der Waals surface area contributed by atoms with Gasteiger partial charge in [0.1, 0.15) is 18.2 Å². The third-order valence-electron chi connectivity index (χ3n) is 4.31. The molecule has 24 heavy (non-hydrogen) atoms. The predicted octanol–water partition coefficient (Wildman–Crippen LogP) is 2.52. The highest BCUT2D eigenvalue weighted by molar-refractivity contribution is 5.49. The molecule has 2 aromatic rings. The number of halogens is 1. The van der Waals surface area contributed by atoms with Crippen molar-refractivity contribution in [1.29, 1.82) is 0 Å². The Morgan fingerprint density at radius 3 is 2.21 bits per heavy atom. The number of rotatable bonds is 6. The van der Waals surface area contributed by atoms with Gasteiger partial charge in [0.15, 0.2) is 0 Å². The van der Waals surface area contributed by atoms with Gasteiger partial charge in [-0.1, -0.05) is 12.1 Å². The van der Waals surface area contributed by atoms with E-state index >= 15 is 0 Å². The summed E-state index contributed by atoms with van der Waals surface area (Å²) in [7, 11) is 0. The van der Waals surface area contributed by atoms with Gasteiger partial charge in [0.2, 0.25) is 0 Å². The van der Waals surface area contributed by atoms with E-state index in [-0.39, 0.29) is 12.4 Å². The molecule has 1 heterocycles. The Balaban J connectivity index is 1.51. The Morgan fingerprint density at radius 2 is 1.58 bits per heavy atom. The number of nitrogens with zero attached hydrogens (tertiary/aromatic N) is 2. The van der Waals surface area contributed by atoms with E-state index in [1.165, 1.54) is 17.8 Å². The number of hydrogen-bond acceptors (Lipinski definition) is 4. The minimum Gasteiger partial charge on any atom is -0.489 e. The zero-order valence-electron chi connectivity index (χ0n) is 13.7. The molecule has 4 nitrogen and oxygen atoms in total. The van der Waals surface area contributed by atoms with Gasteiger partial charge in [-0.15, -0.1) is 0 Å². The van der Waals surface area contributed by atoms with Crippen molar-refractivity contribution in [1.82, 2.24) is 4.90 Å².